The molecule has 1 aromatic heterocycles. The van der Waals surface area contributed by atoms with Crippen LogP contribution in [0.15, 0.2) is 42.6 Å². The van der Waals surface area contributed by atoms with Crippen LogP contribution in [0.2, 0.25) is 0 Å². The van der Waals surface area contributed by atoms with E-state index in [1.807, 2.05) is 0 Å². The van der Waals surface area contributed by atoms with E-state index >= 15 is 0 Å². The molecule has 0 amide bonds. The number of aromatic nitrogens is 1. The molecule has 0 atom stereocenters. The normalized spacial score (nSPS) is 9.83. The first kappa shape index (κ1) is 11.9. The summed E-state index contributed by atoms with van der Waals surface area (Å²) in [5, 5.41) is 0. The van der Waals surface area contributed by atoms with Crippen molar-refractivity contribution in [3.8, 4) is 11.5 Å². The second-order valence-corrected chi connectivity index (χ2v) is 3.54. The number of anilines is 1. The third-order valence-corrected chi connectivity index (χ3v) is 2.24. The van der Waals surface area contributed by atoms with Gasteiger partial charge in [-0.15, -0.1) is 0 Å². The summed E-state index contributed by atoms with van der Waals surface area (Å²) in [4.78, 5) is 15.2. The van der Waals surface area contributed by atoms with Gasteiger partial charge in [0.1, 0.15) is 11.5 Å². The van der Waals surface area contributed by atoms with Gasteiger partial charge >= 0.3 is 5.97 Å². The summed E-state index contributed by atoms with van der Waals surface area (Å²) in [7, 11) is 1.30. The monoisotopic (exact) mass is 244 g/mol. The summed E-state index contributed by atoms with van der Waals surface area (Å²) in [6.07, 6.45) is 1.49. The van der Waals surface area contributed by atoms with Crippen LogP contribution in [0.3, 0.4) is 0 Å². The highest BCUT2D eigenvalue weighted by Gasteiger charge is 2.08. The molecule has 18 heavy (non-hydrogen) atoms. The van der Waals surface area contributed by atoms with Gasteiger partial charge in [-0.25, -0.2) is 9.78 Å². The van der Waals surface area contributed by atoms with Crippen molar-refractivity contribution < 1.29 is 14.3 Å². The summed E-state index contributed by atoms with van der Waals surface area (Å²) in [5.41, 5.74) is 6.43. The van der Waals surface area contributed by atoms with Crippen LogP contribution in [-0.4, -0.2) is 18.1 Å². The number of carbonyl (C=O) groups excluding carboxylic acids is 1. The molecule has 0 saturated heterocycles. The first-order chi connectivity index (χ1) is 8.69. The summed E-state index contributed by atoms with van der Waals surface area (Å²) in [5.74, 6) is 0.638. The lowest BCUT2D eigenvalue weighted by atomic mass is 10.3. The first-order valence-electron chi connectivity index (χ1n) is 5.27. The average molecular weight is 244 g/mol. The van der Waals surface area contributed by atoms with Crippen molar-refractivity contribution in [1.29, 1.82) is 0 Å². The van der Waals surface area contributed by atoms with E-state index < -0.39 is 5.97 Å². The smallest absolute Gasteiger partial charge is 0.356 e. The predicted molar refractivity (Wildman–Crippen MR) is 66.5 cm³/mol. The second-order valence-electron chi connectivity index (χ2n) is 3.54. The van der Waals surface area contributed by atoms with Crippen LogP contribution < -0.4 is 10.5 Å². The number of hydrogen-bond donors (Lipinski definition) is 1. The Balaban J connectivity index is 2.19. The highest BCUT2D eigenvalue weighted by Crippen LogP contribution is 2.22. The molecule has 1 heterocycles. The number of ether oxygens (including phenoxy) is 2. The number of benzene rings is 1. The molecule has 92 valence electrons. The second kappa shape index (κ2) is 5.18. The minimum absolute atomic E-state index is 0.199. The Kier molecular flexibility index (Phi) is 3.43. The Morgan fingerprint density at radius 3 is 2.56 bits per heavy atom. The topological polar surface area (TPSA) is 74.4 Å². The van der Waals surface area contributed by atoms with Crippen molar-refractivity contribution in [3.05, 3.63) is 48.3 Å². The fourth-order valence-corrected chi connectivity index (χ4v) is 1.36. The highest BCUT2D eigenvalue weighted by molar-refractivity contribution is 5.87. The van der Waals surface area contributed by atoms with Gasteiger partial charge in [0, 0.05) is 18.0 Å². The molecule has 2 N–H and O–H groups in total. The number of nitrogen functional groups attached to an aromatic ring is 1. The molecule has 0 saturated carbocycles. The number of methoxy groups -OCH3 is 1. The standard InChI is InChI=1S/C13H12N2O3/c1-17-13(16)12-8-11(6-7-15-12)18-10-4-2-9(14)3-5-10/h2-8H,14H2,1H3. The van der Waals surface area contributed by atoms with E-state index in [1.165, 1.54) is 19.4 Å². The minimum Gasteiger partial charge on any atom is -0.464 e. The molecule has 1 aromatic carbocycles. The maximum atomic E-state index is 11.3. The molecule has 0 radical (unpaired) electrons. The highest BCUT2D eigenvalue weighted by atomic mass is 16.5. The molecule has 0 aliphatic rings. The van der Waals surface area contributed by atoms with Crippen LogP contribution in [0, 0.1) is 0 Å². The maximum absolute atomic E-state index is 11.3. The number of carbonyl (C=O) groups is 1. The molecule has 5 heteroatoms. The third-order valence-electron chi connectivity index (χ3n) is 2.24. The van der Waals surface area contributed by atoms with Crippen LogP contribution in [0.5, 0.6) is 11.5 Å². The number of nitrogens with zero attached hydrogens (tertiary/aromatic N) is 1. The largest absolute Gasteiger partial charge is 0.464 e. The fourth-order valence-electron chi connectivity index (χ4n) is 1.36. The van der Waals surface area contributed by atoms with E-state index in [4.69, 9.17) is 10.5 Å². The van der Waals surface area contributed by atoms with E-state index in [2.05, 4.69) is 9.72 Å². The van der Waals surface area contributed by atoms with Crippen LogP contribution in [0.25, 0.3) is 0 Å². The maximum Gasteiger partial charge on any atom is 0.356 e. The van der Waals surface area contributed by atoms with Crippen molar-refractivity contribution in [2.45, 2.75) is 0 Å². The van der Waals surface area contributed by atoms with Crippen molar-refractivity contribution in [1.82, 2.24) is 4.98 Å². The van der Waals surface area contributed by atoms with E-state index in [9.17, 15) is 4.79 Å². The Bertz CT molecular complexity index is 552. The van der Waals surface area contributed by atoms with Gasteiger partial charge in [-0.1, -0.05) is 0 Å². The van der Waals surface area contributed by atoms with Gasteiger partial charge in [0.15, 0.2) is 5.69 Å². The van der Waals surface area contributed by atoms with E-state index in [0.717, 1.165) is 0 Å². The van der Waals surface area contributed by atoms with Crippen molar-refractivity contribution in [2.24, 2.45) is 0 Å². The van der Waals surface area contributed by atoms with Crippen LogP contribution in [0.1, 0.15) is 10.5 Å². The van der Waals surface area contributed by atoms with Gasteiger partial charge in [0.25, 0.3) is 0 Å². The molecule has 0 fully saturated rings. The minimum atomic E-state index is -0.502. The van der Waals surface area contributed by atoms with E-state index in [-0.39, 0.29) is 5.69 Å². The Hall–Kier alpha value is -2.56. The molecule has 2 rings (SSSR count). The molecule has 0 aliphatic heterocycles. The Labute approximate surface area is 104 Å². The van der Waals surface area contributed by atoms with Crippen molar-refractivity contribution in [2.75, 3.05) is 12.8 Å². The molecule has 0 unspecified atom stereocenters. The number of esters is 1. The van der Waals surface area contributed by atoms with Gasteiger partial charge in [-0.3, -0.25) is 0 Å². The van der Waals surface area contributed by atoms with E-state index in [1.54, 1.807) is 30.3 Å². The number of pyridine rings is 1. The average Bonchev–Trinajstić information content (AvgIpc) is 2.41. The third kappa shape index (κ3) is 2.76. The zero-order chi connectivity index (χ0) is 13.0. The molecule has 0 spiro atoms. The number of nitrogens with two attached hydrogens (primary N) is 1. The summed E-state index contributed by atoms with van der Waals surface area (Å²) >= 11 is 0. The molecular weight excluding hydrogens is 232 g/mol. The summed E-state index contributed by atoms with van der Waals surface area (Å²) in [6, 6.07) is 10.1. The SMILES string of the molecule is COC(=O)c1cc(Oc2ccc(N)cc2)ccn1. The lowest BCUT2D eigenvalue weighted by molar-refractivity contribution is 0.0593. The Morgan fingerprint density at radius 2 is 1.89 bits per heavy atom. The van der Waals surface area contributed by atoms with Crippen LogP contribution >= 0.6 is 0 Å². The van der Waals surface area contributed by atoms with Gasteiger partial charge in [-0.05, 0) is 30.3 Å². The van der Waals surface area contributed by atoms with Gasteiger partial charge < -0.3 is 15.2 Å². The molecule has 2 aromatic rings. The van der Waals surface area contributed by atoms with Gasteiger partial charge in [-0.2, -0.15) is 0 Å². The zero-order valence-corrected chi connectivity index (χ0v) is 9.79. The summed E-state index contributed by atoms with van der Waals surface area (Å²) < 4.78 is 10.1. The Morgan fingerprint density at radius 1 is 1.17 bits per heavy atom. The molecule has 5 nitrogen and oxygen atoms in total. The number of hydrogen-bond acceptors (Lipinski definition) is 5. The summed E-state index contributed by atoms with van der Waals surface area (Å²) in [6.45, 7) is 0. The lowest BCUT2D eigenvalue weighted by Gasteiger charge is -2.06. The van der Waals surface area contributed by atoms with Crippen LogP contribution in [-0.2, 0) is 4.74 Å². The molecular formula is C13H12N2O3. The molecule has 0 aliphatic carbocycles. The van der Waals surface area contributed by atoms with Gasteiger partial charge in [0.05, 0.1) is 7.11 Å². The van der Waals surface area contributed by atoms with Gasteiger partial charge in [0.2, 0.25) is 0 Å². The predicted octanol–water partition coefficient (Wildman–Crippen LogP) is 2.24. The van der Waals surface area contributed by atoms with Crippen molar-refractivity contribution in [3.63, 3.8) is 0 Å². The molecule has 0 bridgehead atoms. The fraction of sp³-hybridized carbons (Fsp3) is 0.0769. The van der Waals surface area contributed by atoms with Crippen LogP contribution in [0.4, 0.5) is 5.69 Å². The van der Waals surface area contributed by atoms with Crippen molar-refractivity contribution >= 4 is 11.7 Å². The quantitative estimate of drug-likeness (QED) is 0.662. The lowest BCUT2D eigenvalue weighted by Crippen LogP contribution is -2.03. The first-order valence-corrected chi connectivity index (χ1v) is 5.27. The zero-order valence-electron chi connectivity index (χ0n) is 9.79. The number of rotatable bonds is 3. The van der Waals surface area contributed by atoms with E-state index in [0.29, 0.717) is 17.2 Å².